The van der Waals surface area contributed by atoms with Gasteiger partial charge in [0.05, 0.1) is 29.8 Å². The zero-order valence-corrected chi connectivity index (χ0v) is 18.6. The monoisotopic (exact) mass is 470 g/mol. The molecule has 0 spiro atoms. The van der Waals surface area contributed by atoms with E-state index < -0.39 is 29.8 Å². The highest BCUT2D eigenvalue weighted by Gasteiger charge is 2.65. The molecule has 168 valence electrons. The lowest BCUT2D eigenvalue weighted by Gasteiger charge is -2.33. The zero-order valence-electron chi connectivity index (χ0n) is 17.8. The van der Waals surface area contributed by atoms with E-state index in [1.165, 1.54) is 4.90 Å². The molecule has 6 rings (SSSR count). The van der Waals surface area contributed by atoms with Crippen molar-refractivity contribution >= 4 is 46.9 Å². The number of rotatable bonds is 3. The topological polar surface area (TPSA) is 82.1 Å². The van der Waals surface area contributed by atoms with Crippen molar-refractivity contribution in [2.45, 2.75) is 12.1 Å². The maximum absolute atomic E-state index is 13.7. The number of imide groups is 1. The minimum Gasteiger partial charge on any atom is -0.324 e. The first-order chi connectivity index (χ1) is 16.5. The van der Waals surface area contributed by atoms with E-state index in [0.717, 1.165) is 11.1 Å². The van der Waals surface area contributed by atoms with Crippen molar-refractivity contribution in [1.82, 2.24) is 5.01 Å². The van der Waals surface area contributed by atoms with Crippen molar-refractivity contribution in [3.8, 4) is 0 Å². The second kappa shape index (κ2) is 7.81. The summed E-state index contributed by atoms with van der Waals surface area (Å²) in [6, 6.07) is 21.7. The largest absolute Gasteiger partial charge is 0.324 e. The maximum Gasteiger partial charge on any atom is 0.249 e. The standard InChI is InChI=1S/C26H19ClN4O3/c27-16-10-12-17(13-11-16)29-24(32)23-21-20(22-19-9-5-4-6-15(19)14-28-31(22)23)25(33)30(26(21)34)18-7-2-1-3-8-18/h1-14,20-23H,(H,29,32)/t20-,21+,22-,23-/m1/s1. The van der Waals surface area contributed by atoms with Gasteiger partial charge in [-0.1, -0.05) is 54.1 Å². The highest BCUT2D eigenvalue weighted by molar-refractivity contribution is 6.30. The first-order valence-corrected chi connectivity index (χ1v) is 11.3. The Morgan fingerprint density at radius 3 is 2.29 bits per heavy atom. The fourth-order valence-corrected chi connectivity index (χ4v) is 5.38. The second-order valence-corrected chi connectivity index (χ2v) is 8.97. The highest BCUT2D eigenvalue weighted by atomic mass is 35.5. The van der Waals surface area contributed by atoms with E-state index in [2.05, 4.69) is 10.4 Å². The molecular formula is C26H19ClN4O3. The lowest BCUT2D eigenvalue weighted by Crippen LogP contribution is -2.46. The van der Waals surface area contributed by atoms with Gasteiger partial charge in [-0.3, -0.25) is 19.4 Å². The molecule has 3 aliphatic rings. The number of para-hydroxylation sites is 1. The van der Waals surface area contributed by atoms with E-state index in [9.17, 15) is 14.4 Å². The normalized spacial score (nSPS) is 24.6. The summed E-state index contributed by atoms with van der Waals surface area (Å²) in [4.78, 5) is 42.2. The number of hydrogen-bond acceptors (Lipinski definition) is 5. The number of amides is 3. The van der Waals surface area contributed by atoms with Gasteiger partial charge >= 0.3 is 0 Å². The smallest absolute Gasteiger partial charge is 0.249 e. The second-order valence-electron chi connectivity index (χ2n) is 8.54. The molecule has 1 N–H and O–H groups in total. The molecule has 3 heterocycles. The molecule has 0 unspecified atom stereocenters. The number of halogens is 1. The van der Waals surface area contributed by atoms with Crippen molar-refractivity contribution < 1.29 is 14.4 Å². The maximum atomic E-state index is 13.7. The Hall–Kier alpha value is -3.97. The van der Waals surface area contributed by atoms with Gasteiger partial charge in [-0.05, 0) is 47.5 Å². The summed E-state index contributed by atoms with van der Waals surface area (Å²) in [6.07, 6.45) is 1.68. The number of fused-ring (bicyclic) bond motifs is 5. The molecule has 34 heavy (non-hydrogen) atoms. The molecule has 4 atom stereocenters. The van der Waals surface area contributed by atoms with Crippen molar-refractivity contribution in [3.05, 3.63) is 95.0 Å². The van der Waals surface area contributed by atoms with Crippen LogP contribution in [0.5, 0.6) is 0 Å². The number of nitrogens with zero attached hydrogens (tertiary/aromatic N) is 3. The number of nitrogens with one attached hydrogen (secondary N) is 1. The van der Waals surface area contributed by atoms with Crippen LogP contribution in [0, 0.1) is 11.8 Å². The quantitative estimate of drug-likeness (QED) is 0.589. The van der Waals surface area contributed by atoms with Gasteiger partial charge in [-0.15, -0.1) is 0 Å². The molecule has 0 saturated carbocycles. The molecular weight excluding hydrogens is 452 g/mol. The summed E-state index contributed by atoms with van der Waals surface area (Å²) >= 11 is 5.97. The van der Waals surface area contributed by atoms with Gasteiger partial charge in [0.25, 0.3) is 0 Å². The van der Waals surface area contributed by atoms with Crippen LogP contribution in [0.2, 0.25) is 5.02 Å². The van der Waals surface area contributed by atoms with E-state index in [1.54, 1.807) is 59.8 Å². The lowest BCUT2D eigenvalue weighted by atomic mass is 9.85. The molecule has 0 aromatic heterocycles. The van der Waals surface area contributed by atoms with Crippen LogP contribution in [0.1, 0.15) is 17.2 Å². The Bertz CT molecular complexity index is 1340. The first-order valence-electron chi connectivity index (χ1n) is 10.9. The van der Waals surface area contributed by atoms with E-state index >= 15 is 0 Å². The Morgan fingerprint density at radius 1 is 0.853 bits per heavy atom. The minimum atomic E-state index is -0.944. The van der Waals surface area contributed by atoms with Gasteiger partial charge < -0.3 is 5.32 Å². The summed E-state index contributed by atoms with van der Waals surface area (Å²) in [5.41, 5.74) is 2.81. The number of carbonyl (C=O) groups excluding carboxylic acids is 3. The van der Waals surface area contributed by atoms with Crippen LogP contribution in [0.3, 0.4) is 0 Å². The molecule has 3 aromatic carbocycles. The number of hydrazone groups is 1. The summed E-state index contributed by atoms with van der Waals surface area (Å²) in [5, 5.41) is 9.59. The molecule has 2 fully saturated rings. The number of hydrogen-bond donors (Lipinski definition) is 1. The zero-order chi connectivity index (χ0) is 23.4. The molecule has 7 nitrogen and oxygen atoms in total. The molecule has 3 aromatic rings. The van der Waals surface area contributed by atoms with Gasteiger partial charge in [-0.25, -0.2) is 4.90 Å². The summed E-state index contributed by atoms with van der Waals surface area (Å²) < 4.78 is 0. The predicted octanol–water partition coefficient (Wildman–Crippen LogP) is 3.86. The SMILES string of the molecule is O=C(Nc1ccc(Cl)cc1)[C@H]1[C@H]2C(=O)N(c3ccccc3)C(=O)[C@H]2[C@H]2c3ccccc3C=NN21. The van der Waals surface area contributed by atoms with Crippen LogP contribution in [0.15, 0.2) is 84.0 Å². The van der Waals surface area contributed by atoms with Crippen molar-refractivity contribution in [3.63, 3.8) is 0 Å². The average Bonchev–Trinajstić information content (AvgIpc) is 3.33. The van der Waals surface area contributed by atoms with E-state index in [0.29, 0.717) is 16.4 Å². The first kappa shape index (κ1) is 20.6. The predicted molar refractivity (Wildman–Crippen MR) is 128 cm³/mol. The Kier molecular flexibility index (Phi) is 4.74. The van der Waals surface area contributed by atoms with E-state index in [-0.39, 0.29) is 11.8 Å². The summed E-state index contributed by atoms with van der Waals surface area (Å²) in [5.74, 6) is -2.70. The fourth-order valence-electron chi connectivity index (χ4n) is 5.25. The van der Waals surface area contributed by atoms with E-state index in [1.807, 2.05) is 30.3 Å². The third-order valence-electron chi connectivity index (χ3n) is 6.69. The molecule has 8 heteroatoms. The van der Waals surface area contributed by atoms with Crippen molar-refractivity contribution in [2.75, 3.05) is 10.2 Å². The van der Waals surface area contributed by atoms with Crippen LogP contribution >= 0.6 is 11.6 Å². The molecule has 3 aliphatic heterocycles. The summed E-state index contributed by atoms with van der Waals surface area (Å²) in [7, 11) is 0. The highest BCUT2D eigenvalue weighted by Crippen LogP contribution is 2.52. The third kappa shape index (κ3) is 3.04. The molecule has 3 amide bonds. The lowest BCUT2D eigenvalue weighted by molar-refractivity contribution is -0.129. The Balaban J connectivity index is 1.44. The number of carbonyl (C=O) groups is 3. The number of anilines is 2. The molecule has 0 aliphatic carbocycles. The molecule has 0 bridgehead atoms. The van der Waals surface area contributed by atoms with E-state index in [4.69, 9.17) is 11.6 Å². The molecule has 0 radical (unpaired) electrons. The van der Waals surface area contributed by atoms with Gasteiger partial charge in [0, 0.05) is 10.7 Å². The average molecular weight is 471 g/mol. The van der Waals surface area contributed by atoms with Gasteiger partial charge in [0.2, 0.25) is 17.7 Å². The van der Waals surface area contributed by atoms with Crippen molar-refractivity contribution in [2.24, 2.45) is 16.9 Å². The number of benzene rings is 3. The van der Waals surface area contributed by atoms with Crippen LogP contribution in [-0.4, -0.2) is 35.0 Å². The van der Waals surface area contributed by atoms with Gasteiger partial charge in [0.15, 0.2) is 0 Å². The third-order valence-corrected chi connectivity index (χ3v) is 6.94. The summed E-state index contributed by atoms with van der Waals surface area (Å²) in [6.45, 7) is 0. The van der Waals surface area contributed by atoms with Crippen LogP contribution in [-0.2, 0) is 14.4 Å². The molecule has 2 saturated heterocycles. The van der Waals surface area contributed by atoms with Gasteiger partial charge in [-0.2, -0.15) is 5.10 Å². The minimum absolute atomic E-state index is 0.315. The Labute approximate surface area is 200 Å². The van der Waals surface area contributed by atoms with Crippen LogP contribution in [0.4, 0.5) is 11.4 Å². The Morgan fingerprint density at radius 2 is 1.53 bits per heavy atom. The van der Waals surface area contributed by atoms with Gasteiger partial charge in [0.1, 0.15) is 6.04 Å². The fraction of sp³-hybridized carbons (Fsp3) is 0.154. The van der Waals surface area contributed by atoms with Crippen molar-refractivity contribution in [1.29, 1.82) is 0 Å². The van der Waals surface area contributed by atoms with Crippen LogP contribution < -0.4 is 10.2 Å². The van der Waals surface area contributed by atoms with Crippen LogP contribution in [0.25, 0.3) is 0 Å².